The van der Waals surface area contributed by atoms with Crippen molar-refractivity contribution in [3.05, 3.63) is 0 Å². The Bertz CT molecular complexity index is 211. The van der Waals surface area contributed by atoms with Gasteiger partial charge < -0.3 is 10.2 Å². The molecule has 2 fully saturated rings. The lowest BCUT2D eigenvalue weighted by molar-refractivity contribution is 0.203. The number of nitrogens with one attached hydrogen (secondary N) is 1. The van der Waals surface area contributed by atoms with E-state index >= 15 is 0 Å². The average molecular weight is 196 g/mol. The summed E-state index contributed by atoms with van der Waals surface area (Å²) in [6.45, 7) is 4.10. The Morgan fingerprint density at radius 3 is 2.57 bits per heavy atom. The van der Waals surface area contributed by atoms with Gasteiger partial charge in [0.1, 0.15) is 0 Å². The molecule has 0 aromatic carbocycles. The predicted octanol–water partition coefficient (Wildman–Crippen LogP) is 1.98. The van der Waals surface area contributed by atoms with E-state index < -0.39 is 0 Å². The van der Waals surface area contributed by atoms with Crippen LogP contribution in [0.15, 0.2) is 0 Å². The maximum Gasteiger partial charge on any atom is 0.317 e. The second-order valence-electron chi connectivity index (χ2n) is 4.77. The highest BCUT2D eigenvalue weighted by molar-refractivity contribution is 5.74. The number of likely N-dealkylation sites (tertiary alicyclic amines) is 1. The Morgan fingerprint density at radius 2 is 2.00 bits per heavy atom. The summed E-state index contributed by atoms with van der Waals surface area (Å²) < 4.78 is 0. The van der Waals surface area contributed by atoms with Crippen LogP contribution in [-0.4, -0.2) is 30.1 Å². The molecule has 2 rings (SSSR count). The zero-order chi connectivity index (χ0) is 9.97. The van der Waals surface area contributed by atoms with Crippen molar-refractivity contribution in [1.29, 1.82) is 0 Å². The molecule has 14 heavy (non-hydrogen) atoms. The van der Waals surface area contributed by atoms with Crippen LogP contribution in [0.3, 0.4) is 0 Å². The van der Waals surface area contributed by atoms with Gasteiger partial charge in [-0.25, -0.2) is 4.79 Å². The molecule has 2 aliphatic rings. The van der Waals surface area contributed by atoms with Crippen molar-refractivity contribution in [2.24, 2.45) is 5.92 Å². The van der Waals surface area contributed by atoms with Crippen LogP contribution in [0.1, 0.15) is 39.0 Å². The maximum absolute atomic E-state index is 11.8. The second kappa shape index (κ2) is 4.20. The fourth-order valence-corrected chi connectivity index (χ4v) is 2.46. The van der Waals surface area contributed by atoms with Crippen molar-refractivity contribution in [3.8, 4) is 0 Å². The predicted molar refractivity (Wildman–Crippen MR) is 56.1 cm³/mol. The Labute approximate surface area is 85.8 Å². The van der Waals surface area contributed by atoms with Gasteiger partial charge in [0.05, 0.1) is 0 Å². The van der Waals surface area contributed by atoms with Crippen molar-refractivity contribution < 1.29 is 4.79 Å². The van der Waals surface area contributed by atoms with Crippen LogP contribution >= 0.6 is 0 Å². The molecule has 3 nitrogen and oxygen atoms in total. The minimum absolute atomic E-state index is 0.168. The highest BCUT2D eigenvalue weighted by Crippen LogP contribution is 2.19. The van der Waals surface area contributed by atoms with Crippen LogP contribution in [0, 0.1) is 5.92 Å². The van der Waals surface area contributed by atoms with Crippen molar-refractivity contribution in [3.63, 3.8) is 0 Å². The van der Waals surface area contributed by atoms with E-state index in [1.54, 1.807) is 0 Å². The minimum Gasteiger partial charge on any atom is -0.335 e. The summed E-state index contributed by atoms with van der Waals surface area (Å²) in [5, 5.41) is 3.13. The summed E-state index contributed by atoms with van der Waals surface area (Å²) in [5.74, 6) is 0.685. The highest BCUT2D eigenvalue weighted by atomic mass is 16.2. The van der Waals surface area contributed by atoms with Gasteiger partial charge in [-0.2, -0.15) is 0 Å². The third-order valence-corrected chi connectivity index (χ3v) is 3.39. The topological polar surface area (TPSA) is 32.3 Å². The summed E-state index contributed by atoms with van der Waals surface area (Å²) in [4.78, 5) is 13.7. The lowest BCUT2D eigenvalue weighted by Crippen LogP contribution is -2.42. The molecule has 0 aromatic rings. The second-order valence-corrected chi connectivity index (χ2v) is 4.77. The molecular weight excluding hydrogens is 176 g/mol. The Morgan fingerprint density at radius 1 is 1.29 bits per heavy atom. The van der Waals surface area contributed by atoms with Gasteiger partial charge in [0, 0.05) is 19.1 Å². The molecule has 1 saturated carbocycles. The summed E-state index contributed by atoms with van der Waals surface area (Å²) in [6.07, 6.45) is 6.07. The van der Waals surface area contributed by atoms with Gasteiger partial charge in [0.25, 0.3) is 0 Å². The third-order valence-electron chi connectivity index (χ3n) is 3.39. The van der Waals surface area contributed by atoms with E-state index in [1.807, 2.05) is 4.90 Å². The zero-order valence-electron chi connectivity index (χ0n) is 8.96. The number of hydrogen-bond acceptors (Lipinski definition) is 1. The molecule has 1 saturated heterocycles. The number of hydrogen-bond donors (Lipinski definition) is 1. The molecule has 1 N–H and O–H groups in total. The van der Waals surface area contributed by atoms with Gasteiger partial charge in [-0.1, -0.05) is 19.8 Å². The van der Waals surface area contributed by atoms with Crippen LogP contribution in [0.4, 0.5) is 4.79 Å². The Hall–Kier alpha value is -0.730. The van der Waals surface area contributed by atoms with E-state index in [1.165, 1.54) is 25.7 Å². The van der Waals surface area contributed by atoms with E-state index in [0.717, 1.165) is 19.5 Å². The fourth-order valence-electron chi connectivity index (χ4n) is 2.46. The normalized spacial score (nSPS) is 28.4. The van der Waals surface area contributed by atoms with Crippen LogP contribution in [0.25, 0.3) is 0 Å². The first kappa shape index (κ1) is 9.81. The molecule has 0 radical (unpaired) electrons. The molecule has 0 bridgehead atoms. The number of nitrogens with zero attached hydrogens (tertiary/aromatic N) is 1. The monoisotopic (exact) mass is 196 g/mol. The number of amides is 2. The first-order chi connectivity index (χ1) is 6.75. The molecular formula is C11H20N2O. The molecule has 1 heterocycles. The Kier molecular flexibility index (Phi) is 2.94. The summed E-state index contributed by atoms with van der Waals surface area (Å²) in [6, 6.07) is 0.625. The van der Waals surface area contributed by atoms with Crippen LogP contribution in [0.5, 0.6) is 0 Å². The number of carbonyl (C=O) groups excluding carboxylic acids is 1. The molecule has 1 atom stereocenters. The van der Waals surface area contributed by atoms with Crippen molar-refractivity contribution >= 4 is 6.03 Å². The van der Waals surface area contributed by atoms with Gasteiger partial charge in [0.15, 0.2) is 0 Å². The van der Waals surface area contributed by atoms with Crippen molar-refractivity contribution in [1.82, 2.24) is 10.2 Å². The number of carbonyl (C=O) groups is 1. The molecule has 1 aliphatic carbocycles. The van der Waals surface area contributed by atoms with Gasteiger partial charge in [0.2, 0.25) is 0 Å². The lowest BCUT2D eigenvalue weighted by Gasteiger charge is -2.20. The molecule has 2 amide bonds. The van der Waals surface area contributed by atoms with E-state index in [4.69, 9.17) is 0 Å². The summed E-state index contributed by atoms with van der Waals surface area (Å²) >= 11 is 0. The zero-order valence-corrected chi connectivity index (χ0v) is 8.96. The fraction of sp³-hybridized carbons (Fsp3) is 0.909. The van der Waals surface area contributed by atoms with Gasteiger partial charge >= 0.3 is 6.03 Å². The molecule has 1 unspecified atom stereocenters. The van der Waals surface area contributed by atoms with Crippen molar-refractivity contribution in [2.75, 3.05) is 13.1 Å². The van der Waals surface area contributed by atoms with Gasteiger partial charge in [-0.05, 0) is 25.2 Å². The average Bonchev–Trinajstić information content (AvgIpc) is 2.75. The minimum atomic E-state index is 0.168. The largest absolute Gasteiger partial charge is 0.335 e. The van der Waals surface area contributed by atoms with Crippen molar-refractivity contribution in [2.45, 2.75) is 45.1 Å². The molecule has 1 aliphatic heterocycles. The summed E-state index contributed by atoms with van der Waals surface area (Å²) in [5.41, 5.74) is 0. The number of urea groups is 1. The smallest absolute Gasteiger partial charge is 0.317 e. The van der Waals surface area contributed by atoms with E-state index in [2.05, 4.69) is 12.2 Å². The van der Waals surface area contributed by atoms with E-state index in [9.17, 15) is 4.79 Å². The van der Waals surface area contributed by atoms with Crippen LogP contribution < -0.4 is 5.32 Å². The van der Waals surface area contributed by atoms with E-state index in [0.29, 0.717) is 12.0 Å². The lowest BCUT2D eigenvalue weighted by atomic mass is 10.2. The molecule has 3 heteroatoms. The first-order valence-electron chi connectivity index (χ1n) is 5.81. The molecule has 0 spiro atoms. The van der Waals surface area contributed by atoms with Crippen LogP contribution in [-0.2, 0) is 0 Å². The highest BCUT2D eigenvalue weighted by Gasteiger charge is 2.25. The third kappa shape index (κ3) is 2.20. The van der Waals surface area contributed by atoms with Crippen LogP contribution in [0.2, 0.25) is 0 Å². The molecule has 80 valence electrons. The Balaban J connectivity index is 1.77. The summed E-state index contributed by atoms with van der Waals surface area (Å²) in [7, 11) is 0. The van der Waals surface area contributed by atoms with E-state index in [-0.39, 0.29) is 6.03 Å². The first-order valence-corrected chi connectivity index (χ1v) is 5.81. The van der Waals surface area contributed by atoms with Gasteiger partial charge in [-0.3, -0.25) is 0 Å². The van der Waals surface area contributed by atoms with Gasteiger partial charge in [-0.15, -0.1) is 0 Å². The standard InChI is InChI=1S/C11H20N2O/c1-9-6-7-13(8-9)11(14)12-10-4-2-3-5-10/h9-10H,2-8H2,1H3,(H,12,14). The quantitative estimate of drug-likeness (QED) is 0.683. The number of rotatable bonds is 1. The molecule has 0 aromatic heterocycles. The SMILES string of the molecule is CC1CCN(C(=O)NC2CCCC2)C1. The maximum atomic E-state index is 11.8.